The first-order valence-electron chi connectivity index (χ1n) is 4.43. The predicted molar refractivity (Wildman–Crippen MR) is 55.2 cm³/mol. The molecule has 0 aromatic carbocycles. The van der Waals surface area contributed by atoms with Gasteiger partial charge in [-0.3, -0.25) is 0 Å². The van der Waals surface area contributed by atoms with Gasteiger partial charge in [0, 0.05) is 0 Å². The molecule has 0 unspecified atom stereocenters. The van der Waals surface area contributed by atoms with Gasteiger partial charge in [-0.1, -0.05) is 0 Å². The monoisotopic (exact) mass is 228 g/mol. The van der Waals surface area contributed by atoms with E-state index in [1.165, 1.54) is 25.5 Å². The summed E-state index contributed by atoms with van der Waals surface area (Å²) in [5.74, 6) is -1.14. The average Bonchev–Trinajstić information content (AvgIpc) is 2.47. The predicted octanol–water partition coefficient (Wildman–Crippen LogP) is 0.603. The summed E-state index contributed by atoms with van der Waals surface area (Å²) in [4.78, 5) is 24.5. The maximum Gasteiger partial charge on any atom is 0.344 e. The summed E-state index contributed by atoms with van der Waals surface area (Å²) in [7, 11) is 1.44. The minimum absolute atomic E-state index is 0.138. The van der Waals surface area contributed by atoms with Crippen LogP contribution in [0.3, 0.4) is 0 Å². The summed E-state index contributed by atoms with van der Waals surface area (Å²) in [6.45, 7) is 2.88. The van der Waals surface area contributed by atoms with Crippen LogP contribution in [0.25, 0.3) is 0 Å². The lowest BCUT2D eigenvalue weighted by atomic mass is 10.1. The molecule has 8 nitrogen and oxygen atoms in total. The van der Waals surface area contributed by atoms with E-state index in [-0.39, 0.29) is 11.8 Å². The zero-order chi connectivity index (χ0) is 12.5. The topological polar surface area (TPSA) is 110 Å². The largest absolute Gasteiger partial charge is 0.480 e. The fraction of sp³-hybridized carbons (Fsp3) is 0.500. The lowest BCUT2D eigenvalue weighted by Crippen LogP contribution is -2.40. The van der Waals surface area contributed by atoms with Crippen LogP contribution in [0.5, 0.6) is 0 Å². The van der Waals surface area contributed by atoms with Gasteiger partial charge in [-0.15, -0.1) is 0 Å². The van der Waals surface area contributed by atoms with Crippen molar-refractivity contribution < 1.29 is 14.8 Å². The first-order chi connectivity index (χ1) is 7.25. The Kier molecular flexibility index (Phi) is 2.84. The van der Waals surface area contributed by atoms with E-state index in [1.807, 2.05) is 0 Å². The second-order valence-corrected chi connectivity index (χ2v) is 3.81. The Morgan fingerprint density at radius 1 is 1.69 bits per heavy atom. The third-order valence-corrected chi connectivity index (χ3v) is 2.11. The van der Waals surface area contributed by atoms with E-state index in [9.17, 15) is 14.9 Å². The number of hydrogen-bond acceptors (Lipinski definition) is 5. The maximum absolute atomic E-state index is 10.8. The third-order valence-electron chi connectivity index (χ3n) is 2.11. The van der Waals surface area contributed by atoms with E-state index in [1.54, 1.807) is 0 Å². The summed E-state index contributed by atoms with van der Waals surface area (Å²) < 4.78 is 1.19. The number of imidazole rings is 1. The molecular formula is C8H12N4O4. The summed E-state index contributed by atoms with van der Waals surface area (Å²) in [5.41, 5.74) is -1.24. The van der Waals surface area contributed by atoms with Crippen LogP contribution in [0.15, 0.2) is 6.20 Å². The van der Waals surface area contributed by atoms with Gasteiger partial charge in [0.25, 0.3) is 5.95 Å². The molecule has 1 aromatic rings. The van der Waals surface area contributed by atoms with Crippen LogP contribution in [-0.2, 0) is 11.8 Å². The molecule has 0 spiro atoms. The van der Waals surface area contributed by atoms with Gasteiger partial charge in [-0.2, -0.15) is 9.55 Å². The zero-order valence-electron chi connectivity index (χ0n) is 9.09. The van der Waals surface area contributed by atoms with Crippen LogP contribution in [0.4, 0.5) is 11.8 Å². The molecular weight excluding hydrogens is 216 g/mol. The Bertz CT molecular complexity index is 437. The number of nitro groups is 1. The Morgan fingerprint density at radius 2 is 2.25 bits per heavy atom. The molecule has 16 heavy (non-hydrogen) atoms. The van der Waals surface area contributed by atoms with Crippen LogP contribution < -0.4 is 5.32 Å². The van der Waals surface area contributed by atoms with Gasteiger partial charge in [-0.05, 0) is 18.8 Å². The van der Waals surface area contributed by atoms with Gasteiger partial charge in [0.05, 0.1) is 7.05 Å². The molecule has 1 aromatic heterocycles. The number of carbonyl (C=O) groups is 1. The SMILES string of the molecule is Cn1c([N+](=O)[O-])cnc1NC(C)(C)C(=O)O. The number of hydrogen-bond donors (Lipinski definition) is 2. The molecule has 0 saturated carbocycles. The van der Waals surface area contributed by atoms with E-state index >= 15 is 0 Å². The average molecular weight is 228 g/mol. The molecule has 1 heterocycles. The smallest absolute Gasteiger partial charge is 0.344 e. The van der Waals surface area contributed by atoms with Crippen molar-refractivity contribution in [3.05, 3.63) is 16.3 Å². The summed E-state index contributed by atoms with van der Waals surface area (Å²) in [6.07, 6.45) is 1.07. The lowest BCUT2D eigenvalue weighted by molar-refractivity contribution is -0.391. The maximum atomic E-state index is 10.8. The van der Waals surface area contributed by atoms with Gasteiger partial charge in [0.1, 0.15) is 11.7 Å². The lowest BCUT2D eigenvalue weighted by Gasteiger charge is -2.19. The molecule has 0 amide bonds. The fourth-order valence-corrected chi connectivity index (χ4v) is 1.02. The van der Waals surface area contributed by atoms with Crippen LogP contribution in [0.1, 0.15) is 13.8 Å². The van der Waals surface area contributed by atoms with Crippen molar-refractivity contribution in [3.63, 3.8) is 0 Å². The zero-order valence-corrected chi connectivity index (χ0v) is 9.09. The Morgan fingerprint density at radius 3 is 2.62 bits per heavy atom. The highest BCUT2D eigenvalue weighted by Gasteiger charge is 2.30. The highest BCUT2D eigenvalue weighted by atomic mass is 16.6. The van der Waals surface area contributed by atoms with Crippen LogP contribution in [0.2, 0.25) is 0 Å². The molecule has 0 bridgehead atoms. The molecule has 0 atom stereocenters. The van der Waals surface area contributed by atoms with E-state index in [4.69, 9.17) is 5.11 Å². The van der Waals surface area contributed by atoms with Crippen molar-refractivity contribution in [1.82, 2.24) is 9.55 Å². The fourth-order valence-electron chi connectivity index (χ4n) is 1.02. The summed E-state index contributed by atoms with van der Waals surface area (Å²) >= 11 is 0. The second kappa shape index (κ2) is 3.80. The standard InChI is InChI=1S/C8H12N4O4/c1-8(2,6(13)14)10-7-9-4-5(11(7)3)12(15)16/h4H,1-3H3,(H,9,10)(H,13,14). The molecule has 0 radical (unpaired) electrons. The van der Waals surface area contributed by atoms with Crippen molar-refractivity contribution in [2.75, 3.05) is 5.32 Å². The molecule has 0 aliphatic rings. The highest BCUT2D eigenvalue weighted by Crippen LogP contribution is 2.19. The minimum atomic E-state index is -1.24. The van der Waals surface area contributed by atoms with Crippen LogP contribution in [-0.4, -0.2) is 31.1 Å². The van der Waals surface area contributed by atoms with Crippen LogP contribution >= 0.6 is 0 Å². The number of nitrogens with one attached hydrogen (secondary N) is 1. The molecule has 1 rings (SSSR count). The third kappa shape index (κ3) is 2.10. The number of anilines is 1. The van der Waals surface area contributed by atoms with Crippen molar-refractivity contribution in [3.8, 4) is 0 Å². The van der Waals surface area contributed by atoms with E-state index < -0.39 is 16.4 Å². The van der Waals surface area contributed by atoms with Crippen LogP contribution in [0, 0.1) is 10.1 Å². The Hall–Kier alpha value is -2.12. The van der Waals surface area contributed by atoms with Crippen molar-refractivity contribution in [2.24, 2.45) is 7.05 Å². The second-order valence-electron chi connectivity index (χ2n) is 3.81. The Balaban J connectivity index is 3.00. The Labute approximate surface area is 91.1 Å². The highest BCUT2D eigenvalue weighted by molar-refractivity contribution is 5.81. The molecule has 0 saturated heterocycles. The number of carboxylic acid groups (broad SMARTS) is 1. The van der Waals surface area contributed by atoms with E-state index in [0.29, 0.717) is 0 Å². The van der Waals surface area contributed by atoms with Crippen molar-refractivity contribution in [1.29, 1.82) is 0 Å². The van der Waals surface area contributed by atoms with Gasteiger partial charge in [-0.25, -0.2) is 4.79 Å². The van der Waals surface area contributed by atoms with Gasteiger partial charge in [0.2, 0.25) is 0 Å². The molecule has 0 aliphatic heterocycles. The number of aromatic nitrogens is 2. The minimum Gasteiger partial charge on any atom is -0.480 e. The van der Waals surface area contributed by atoms with Gasteiger partial charge < -0.3 is 20.5 Å². The number of nitrogens with zero attached hydrogens (tertiary/aromatic N) is 3. The summed E-state index contributed by atoms with van der Waals surface area (Å²) in [5, 5.41) is 22.0. The summed E-state index contributed by atoms with van der Waals surface area (Å²) in [6, 6.07) is 0. The molecule has 2 N–H and O–H groups in total. The molecule has 0 aliphatic carbocycles. The first kappa shape index (κ1) is 12.0. The van der Waals surface area contributed by atoms with Crippen molar-refractivity contribution in [2.45, 2.75) is 19.4 Å². The van der Waals surface area contributed by atoms with E-state index in [0.717, 1.165) is 6.20 Å². The van der Waals surface area contributed by atoms with Gasteiger partial charge in [0.15, 0.2) is 0 Å². The van der Waals surface area contributed by atoms with Gasteiger partial charge >= 0.3 is 11.8 Å². The molecule has 88 valence electrons. The van der Waals surface area contributed by atoms with E-state index in [2.05, 4.69) is 10.3 Å². The number of rotatable bonds is 4. The molecule has 0 fully saturated rings. The first-order valence-corrected chi connectivity index (χ1v) is 4.43. The number of carboxylic acids is 1. The molecule has 8 heteroatoms. The number of aliphatic carboxylic acids is 1. The normalized spacial score (nSPS) is 11.2. The quantitative estimate of drug-likeness (QED) is 0.576. The van der Waals surface area contributed by atoms with Crippen molar-refractivity contribution >= 4 is 17.7 Å².